The molecule has 0 unspecified atom stereocenters. The van der Waals surface area contributed by atoms with Gasteiger partial charge in [0, 0.05) is 11.1 Å². The van der Waals surface area contributed by atoms with Gasteiger partial charge in [-0.2, -0.15) is 0 Å². The van der Waals surface area contributed by atoms with Gasteiger partial charge in [-0.3, -0.25) is 0 Å². The van der Waals surface area contributed by atoms with Crippen molar-refractivity contribution in [3.8, 4) is 0 Å². The summed E-state index contributed by atoms with van der Waals surface area (Å²) < 4.78 is 0. The van der Waals surface area contributed by atoms with E-state index in [-0.39, 0.29) is 5.41 Å². The van der Waals surface area contributed by atoms with E-state index in [0.717, 1.165) is 11.4 Å². The summed E-state index contributed by atoms with van der Waals surface area (Å²) in [6.07, 6.45) is 0. The molecular formula is C9H15N3. The van der Waals surface area contributed by atoms with Crippen molar-refractivity contribution >= 4 is 5.95 Å². The van der Waals surface area contributed by atoms with Crippen molar-refractivity contribution in [2.24, 2.45) is 0 Å². The molecule has 0 fully saturated rings. The molecule has 0 aliphatic heterocycles. The highest BCUT2D eigenvalue weighted by atomic mass is 15.0. The van der Waals surface area contributed by atoms with E-state index in [4.69, 9.17) is 5.73 Å². The molecule has 0 radical (unpaired) electrons. The number of nitrogens with zero attached hydrogens (tertiary/aromatic N) is 2. The molecule has 3 nitrogen and oxygen atoms in total. The predicted octanol–water partition coefficient (Wildman–Crippen LogP) is 1.66. The van der Waals surface area contributed by atoms with Crippen molar-refractivity contribution in [3.05, 3.63) is 17.5 Å². The molecule has 1 aromatic rings. The molecule has 66 valence electrons. The molecule has 0 atom stereocenters. The average molecular weight is 165 g/mol. The second kappa shape index (κ2) is 2.73. The van der Waals surface area contributed by atoms with E-state index in [0.29, 0.717) is 5.95 Å². The smallest absolute Gasteiger partial charge is 0.220 e. The van der Waals surface area contributed by atoms with Gasteiger partial charge in [-0.1, -0.05) is 20.8 Å². The van der Waals surface area contributed by atoms with Crippen LogP contribution in [0.15, 0.2) is 6.07 Å². The van der Waals surface area contributed by atoms with Crippen LogP contribution in [0.4, 0.5) is 5.95 Å². The maximum atomic E-state index is 5.53. The number of anilines is 1. The summed E-state index contributed by atoms with van der Waals surface area (Å²) in [6, 6.07) is 1.97. The summed E-state index contributed by atoms with van der Waals surface area (Å²) in [7, 11) is 0. The minimum atomic E-state index is 0.0435. The van der Waals surface area contributed by atoms with Crippen LogP contribution >= 0.6 is 0 Å². The first-order chi connectivity index (χ1) is 5.39. The van der Waals surface area contributed by atoms with E-state index in [9.17, 15) is 0 Å². The van der Waals surface area contributed by atoms with Crippen LogP contribution in [-0.2, 0) is 5.41 Å². The van der Waals surface area contributed by atoms with Gasteiger partial charge in [-0.15, -0.1) is 0 Å². The molecule has 0 saturated heterocycles. The molecule has 0 bridgehead atoms. The molecule has 1 heterocycles. The van der Waals surface area contributed by atoms with Gasteiger partial charge in [0.25, 0.3) is 0 Å². The van der Waals surface area contributed by atoms with Crippen molar-refractivity contribution in [3.63, 3.8) is 0 Å². The van der Waals surface area contributed by atoms with Gasteiger partial charge in [-0.25, -0.2) is 9.97 Å². The number of nitrogen functional groups attached to an aromatic ring is 1. The Hall–Kier alpha value is -1.12. The van der Waals surface area contributed by atoms with Gasteiger partial charge >= 0.3 is 0 Å². The van der Waals surface area contributed by atoms with Crippen LogP contribution in [-0.4, -0.2) is 9.97 Å². The first-order valence-electron chi connectivity index (χ1n) is 4.01. The number of aromatic nitrogens is 2. The number of nitrogens with two attached hydrogens (primary N) is 1. The zero-order valence-electron chi connectivity index (χ0n) is 8.05. The predicted molar refractivity (Wildman–Crippen MR) is 49.9 cm³/mol. The summed E-state index contributed by atoms with van der Waals surface area (Å²) >= 11 is 0. The molecule has 12 heavy (non-hydrogen) atoms. The molecule has 0 aliphatic rings. The maximum Gasteiger partial charge on any atom is 0.220 e. The fourth-order valence-corrected chi connectivity index (χ4v) is 0.976. The highest BCUT2D eigenvalue weighted by Gasteiger charge is 2.16. The molecule has 0 saturated carbocycles. The van der Waals surface area contributed by atoms with Crippen molar-refractivity contribution in [1.29, 1.82) is 0 Å². The average Bonchev–Trinajstić information content (AvgIpc) is 1.82. The van der Waals surface area contributed by atoms with Crippen LogP contribution < -0.4 is 5.73 Å². The van der Waals surface area contributed by atoms with Crippen LogP contribution in [0.25, 0.3) is 0 Å². The SMILES string of the molecule is Cc1cc(C(C)(C)C)nc(N)n1. The molecule has 3 heteroatoms. The lowest BCUT2D eigenvalue weighted by atomic mass is 9.92. The molecular weight excluding hydrogens is 150 g/mol. The summed E-state index contributed by atoms with van der Waals surface area (Å²) in [5, 5.41) is 0. The Labute approximate surface area is 73.0 Å². The Bertz CT molecular complexity index is 266. The lowest BCUT2D eigenvalue weighted by Crippen LogP contribution is -2.15. The lowest BCUT2D eigenvalue weighted by Gasteiger charge is -2.17. The fraction of sp³-hybridized carbons (Fsp3) is 0.556. The van der Waals surface area contributed by atoms with Gasteiger partial charge in [0.2, 0.25) is 5.95 Å². The summed E-state index contributed by atoms with van der Waals surface area (Å²) in [6.45, 7) is 8.24. The van der Waals surface area contributed by atoms with Crippen LogP contribution in [0.3, 0.4) is 0 Å². The third-order valence-electron chi connectivity index (χ3n) is 1.64. The topological polar surface area (TPSA) is 51.8 Å². The van der Waals surface area contributed by atoms with Crippen molar-refractivity contribution in [2.45, 2.75) is 33.1 Å². The van der Waals surface area contributed by atoms with Gasteiger partial charge < -0.3 is 5.73 Å². The monoisotopic (exact) mass is 165 g/mol. The normalized spacial score (nSPS) is 11.7. The van der Waals surface area contributed by atoms with Gasteiger partial charge in [0.15, 0.2) is 0 Å². The highest BCUT2D eigenvalue weighted by Crippen LogP contribution is 2.20. The van der Waals surface area contributed by atoms with Crippen LogP contribution in [0, 0.1) is 6.92 Å². The number of hydrogen-bond acceptors (Lipinski definition) is 3. The zero-order valence-corrected chi connectivity index (χ0v) is 8.05. The molecule has 0 spiro atoms. The second-order valence-electron chi connectivity index (χ2n) is 4.00. The van der Waals surface area contributed by atoms with Gasteiger partial charge in [-0.05, 0) is 13.0 Å². The Morgan fingerprint density at radius 2 is 1.83 bits per heavy atom. The second-order valence-corrected chi connectivity index (χ2v) is 4.00. The third-order valence-corrected chi connectivity index (χ3v) is 1.64. The molecule has 0 aromatic carbocycles. The first kappa shape index (κ1) is 8.97. The lowest BCUT2D eigenvalue weighted by molar-refractivity contribution is 0.567. The van der Waals surface area contributed by atoms with Crippen molar-refractivity contribution in [1.82, 2.24) is 9.97 Å². The third kappa shape index (κ3) is 1.94. The molecule has 1 rings (SSSR count). The van der Waals surface area contributed by atoms with Gasteiger partial charge in [0.05, 0.1) is 5.69 Å². The van der Waals surface area contributed by atoms with E-state index in [2.05, 4.69) is 30.7 Å². The molecule has 1 aromatic heterocycles. The van der Waals surface area contributed by atoms with E-state index in [1.54, 1.807) is 0 Å². The minimum Gasteiger partial charge on any atom is -0.368 e. The van der Waals surface area contributed by atoms with Crippen LogP contribution in [0.2, 0.25) is 0 Å². The van der Waals surface area contributed by atoms with Crippen LogP contribution in [0.1, 0.15) is 32.2 Å². The maximum absolute atomic E-state index is 5.53. The van der Waals surface area contributed by atoms with E-state index < -0.39 is 0 Å². The molecule has 0 aliphatic carbocycles. The standard InChI is InChI=1S/C9H15N3/c1-6-5-7(9(2,3)4)12-8(10)11-6/h5H,1-4H3,(H2,10,11,12). The number of rotatable bonds is 0. The Kier molecular flexibility index (Phi) is 2.04. The summed E-state index contributed by atoms with van der Waals surface area (Å²) in [4.78, 5) is 8.19. The number of aryl methyl sites for hydroxylation is 1. The highest BCUT2D eigenvalue weighted by molar-refractivity contribution is 5.25. The largest absolute Gasteiger partial charge is 0.368 e. The first-order valence-corrected chi connectivity index (χ1v) is 4.01. The molecule has 0 amide bonds. The summed E-state index contributed by atoms with van der Waals surface area (Å²) in [5.41, 5.74) is 7.49. The Balaban J connectivity index is 3.18. The van der Waals surface area contributed by atoms with E-state index in [1.807, 2.05) is 13.0 Å². The summed E-state index contributed by atoms with van der Waals surface area (Å²) in [5.74, 6) is 0.361. The van der Waals surface area contributed by atoms with Crippen LogP contribution in [0.5, 0.6) is 0 Å². The van der Waals surface area contributed by atoms with E-state index in [1.165, 1.54) is 0 Å². The Morgan fingerprint density at radius 3 is 2.25 bits per heavy atom. The zero-order chi connectivity index (χ0) is 9.35. The minimum absolute atomic E-state index is 0.0435. The Morgan fingerprint density at radius 1 is 1.25 bits per heavy atom. The number of hydrogen-bond donors (Lipinski definition) is 1. The van der Waals surface area contributed by atoms with Crippen molar-refractivity contribution < 1.29 is 0 Å². The quantitative estimate of drug-likeness (QED) is 0.636. The fourth-order valence-electron chi connectivity index (χ4n) is 0.976. The van der Waals surface area contributed by atoms with Gasteiger partial charge in [0.1, 0.15) is 0 Å². The molecule has 2 N–H and O–H groups in total. The van der Waals surface area contributed by atoms with Crippen molar-refractivity contribution in [2.75, 3.05) is 5.73 Å². The van der Waals surface area contributed by atoms with E-state index >= 15 is 0 Å².